The van der Waals surface area contributed by atoms with E-state index in [1.165, 1.54) is 12.8 Å². The van der Waals surface area contributed by atoms with E-state index in [1.54, 1.807) is 26.4 Å². The summed E-state index contributed by atoms with van der Waals surface area (Å²) in [5, 5.41) is 9.52. The third kappa shape index (κ3) is 7.06. The summed E-state index contributed by atoms with van der Waals surface area (Å²) in [5.41, 5.74) is 0. The molecule has 1 atom stereocenters. The lowest BCUT2D eigenvalue weighted by Crippen LogP contribution is -2.11. The molecule has 14 heavy (non-hydrogen) atoms. The Morgan fingerprint density at radius 2 is 1.79 bits per heavy atom. The molecule has 0 heterocycles. The van der Waals surface area contributed by atoms with Gasteiger partial charge in [0, 0.05) is 14.2 Å². The van der Waals surface area contributed by atoms with Crippen LogP contribution in [0, 0.1) is 0 Å². The van der Waals surface area contributed by atoms with Crippen molar-refractivity contribution < 1.29 is 14.6 Å². The van der Waals surface area contributed by atoms with E-state index < -0.39 is 0 Å². The second-order valence-corrected chi connectivity index (χ2v) is 3.29. The van der Waals surface area contributed by atoms with Crippen molar-refractivity contribution in [3.63, 3.8) is 0 Å². The van der Waals surface area contributed by atoms with Gasteiger partial charge in [-0.3, -0.25) is 0 Å². The average Bonchev–Trinajstić information content (AvgIpc) is 2.20. The molecule has 0 aliphatic heterocycles. The molecule has 0 rings (SSSR count). The van der Waals surface area contributed by atoms with Crippen LogP contribution in [0.2, 0.25) is 0 Å². The molecule has 0 saturated carbocycles. The molecule has 84 valence electrons. The Labute approximate surface area is 86.7 Å². The average molecular weight is 202 g/mol. The van der Waals surface area contributed by atoms with Gasteiger partial charge in [-0.05, 0) is 12.5 Å². The van der Waals surface area contributed by atoms with Crippen molar-refractivity contribution in [2.75, 3.05) is 14.2 Å². The van der Waals surface area contributed by atoms with Crippen molar-refractivity contribution in [1.82, 2.24) is 0 Å². The Morgan fingerprint density at radius 1 is 1.14 bits per heavy atom. The highest BCUT2D eigenvalue weighted by atomic mass is 16.7. The first-order valence-electron chi connectivity index (χ1n) is 5.16. The van der Waals surface area contributed by atoms with E-state index in [1.807, 2.05) is 0 Å². The molecule has 0 radical (unpaired) electrons. The zero-order valence-electron chi connectivity index (χ0n) is 9.40. The van der Waals surface area contributed by atoms with Gasteiger partial charge in [0.2, 0.25) is 0 Å². The minimum absolute atomic E-state index is 0.351. The lowest BCUT2D eigenvalue weighted by molar-refractivity contribution is -0.0671. The fourth-order valence-electron chi connectivity index (χ4n) is 1.17. The van der Waals surface area contributed by atoms with Crippen molar-refractivity contribution >= 4 is 0 Å². The number of aliphatic hydroxyl groups is 1. The van der Waals surface area contributed by atoms with Crippen LogP contribution in [0.15, 0.2) is 12.2 Å². The minimum atomic E-state index is -0.380. The summed E-state index contributed by atoms with van der Waals surface area (Å²) >= 11 is 0. The highest BCUT2D eigenvalue weighted by Gasteiger charge is 2.01. The first-order valence-corrected chi connectivity index (χ1v) is 5.16. The molecule has 0 saturated heterocycles. The Bertz CT molecular complexity index is 141. The van der Waals surface area contributed by atoms with Gasteiger partial charge < -0.3 is 14.6 Å². The number of rotatable bonds is 8. The Hall–Kier alpha value is -0.380. The van der Waals surface area contributed by atoms with Crippen molar-refractivity contribution in [2.24, 2.45) is 0 Å². The normalized spacial score (nSPS) is 14.1. The molecular formula is C11H22O3. The van der Waals surface area contributed by atoms with Crippen molar-refractivity contribution in [1.29, 1.82) is 0 Å². The molecule has 3 nitrogen and oxygen atoms in total. The number of unbranched alkanes of at least 4 members (excludes halogenated alkanes) is 2. The Kier molecular flexibility index (Phi) is 8.94. The molecule has 0 fully saturated rings. The van der Waals surface area contributed by atoms with Crippen LogP contribution in [0.1, 0.15) is 32.6 Å². The predicted octanol–water partition coefficient (Wildman–Crippen LogP) is 2.10. The first kappa shape index (κ1) is 13.6. The number of hydrogen-bond acceptors (Lipinski definition) is 3. The zero-order valence-corrected chi connectivity index (χ0v) is 9.40. The van der Waals surface area contributed by atoms with Crippen LogP contribution in [0.5, 0.6) is 0 Å². The van der Waals surface area contributed by atoms with Gasteiger partial charge in [0.25, 0.3) is 0 Å². The van der Waals surface area contributed by atoms with Gasteiger partial charge in [0.1, 0.15) is 0 Å². The molecule has 0 aromatic carbocycles. The highest BCUT2D eigenvalue weighted by Crippen LogP contribution is 2.05. The SMILES string of the molecule is CCCCCC(O)/C=C/C(OC)OC. The Morgan fingerprint density at radius 3 is 2.29 bits per heavy atom. The smallest absolute Gasteiger partial charge is 0.176 e. The fourth-order valence-corrected chi connectivity index (χ4v) is 1.17. The second-order valence-electron chi connectivity index (χ2n) is 3.29. The fraction of sp³-hybridized carbons (Fsp3) is 0.818. The van der Waals surface area contributed by atoms with Gasteiger partial charge in [-0.15, -0.1) is 0 Å². The van der Waals surface area contributed by atoms with Gasteiger partial charge in [0.15, 0.2) is 6.29 Å². The number of aliphatic hydroxyl groups excluding tert-OH is 1. The quantitative estimate of drug-likeness (QED) is 0.372. The molecular weight excluding hydrogens is 180 g/mol. The van der Waals surface area contributed by atoms with Gasteiger partial charge in [-0.2, -0.15) is 0 Å². The van der Waals surface area contributed by atoms with E-state index in [0.29, 0.717) is 0 Å². The van der Waals surface area contributed by atoms with Crippen LogP contribution < -0.4 is 0 Å². The minimum Gasteiger partial charge on any atom is -0.389 e. The standard InChI is InChI=1S/C11H22O3/c1-4-5-6-7-10(12)8-9-11(13-2)14-3/h8-12H,4-7H2,1-3H3/b9-8+. The van der Waals surface area contributed by atoms with Gasteiger partial charge in [0.05, 0.1) is 6.10 Å². The van der Waals surface area contributed by atoms with Crippen LogP contribution >= 0.6 is 0 Å². The molecule has 0 bridgehead atoms. The molecule has 1 N–H and O–H groups in total. The van der Waals surface area contributed by atoms with Crippen LogP contribution in [-0.4, -0.2) is 31.7 Å². The number of hydrogen-bond donors (Lipinski definition) is 1. The van der Waals surface area contributed by atoms with Crippen LogP contribution in [0.25, 0.3) is 0 Å². The maximum atomic E-state index is 9.52. The maximum absolute atomic E-state index is 9.52. The molecule has 0 aromatic rings. The van der Waals surface area contributed by atoms with Gasteiger partial charge >= 0.3 is 0 Å². The van der Waals surface area contributed by atoms with E-state index in [2.05, 4.69) is 6.92 Å². The summed E-state index contributed by atoms with van der Waals surface area (Å²) in [6.07, 6.45) is 6.95. The van der Waals surface area contributed by atoms with Crippen LogP contribution in [0.3, 0.4) is 0 Å². The topological polar surface area (TPSA) is 38.7 Å². The summed E-state index contributed by atoms with van der Waals surface area (Å²) in [4.78, 5) is 0. The van der Waals surface area contributed by atoms with E-state index >= 15 is 0 Å². The molecule has 0 aliphatic rings. The monoisotopic (exact) mass is 202 g/mol. The van der Waals surface area contributed by atoms with Gasteiger partial charge in [-0.1, -0.05) is 32.3 Å². The third-order valence-corrected chi connectivity index (χ3v) is 2.06. The maximum Gasteiger partial charge on any atom is 0.176 e. The summed E-state index contributed by atoms with van der Waals surface area (Å²) < 4.78 is 9.91. The lowest BCUT2D eigenvalue weighted by atomic mass is 10.1. The molecule has 0 spiro atoms. The van der Waals surface area contributed by atoms with Crippen LogP contribution in [-0.2, 0) is 9.47 Å². The van der Waals surface area contributed by atoms with E-state index in [9.17, 15) is 5.11 Å². The van der Waals surface area contributed by atoms with E-state index in [-0.39, 0.29) is 12.4 Å². The molecule has 0 amide bonds. The third-order valence-electron chi connectivity index (χ3n) is 2.06. The van der Waals surface area contributed by atoms with Crippen molar-refractivity contribution in [3.8, 4) is 0 Å². The molecule has 0 aromatic heterocycles. The van der Waals surface area contributed by atoms with Gasteiger partial charge in [-0.25, -0.2) is 0 Å². The number of methoxy groups -OCH3 is 2. The lowest BCUT2D eigenvalue weighted by Gasteiger charge is -2.09. The Balaban J connectivity index is 3.62. The summed E-state index contributed by atoms with van der Waals surface area (Å²) in [6, 6.07) is 0. The molecule has 1 unspecified atom stereocenters. The summed E-state index contributed by atoms with van der Waals surface area (Å²) in [6.45, 7) is 2.15. The van der Waals surface area contributed by atoms with Crippen LogP contribution in [0.4, 0.5) is 0 Å². The highest BCUT2D eigenvalue weighted by molar-refractivity contribution is 4.90. The van der Waals surface area contributed by atoms with E-state index in [0.717, 1.165) is 12.8 Å². The predicted molar refractivity (Wildman–Crippen MR) is 57.1 cm³/mol. The van der Waals surface area contributed by atoms with E-state index in [4.69, 9.17) is 9.47 Å². The largest absolute Gasteiger partial charge is 0.389 e. The first-order chi connectivity index (χ1) is 6.74. The summed E-state index contributed by atoms with van der Waals surface area (Å²) in [5.74, 6) is 0. The van der Waals surface area contributed by atoms with Crippen molar-refractivity contribution in [3.05, 3.63) is 12.2 Å². The summed E-state index contributed by atoms with van der Waals surface area (Å²) in [7, 11) is 3.14. The zero-order chi connectivity index (χ0) is 10.8. The molecule has 0 aliphatic carbocycles. The molecule has 3 heteroatoms. The van der Waals surface area contributed by atoms with Crippen molar-refractivity contribution in [2.45, 2.75) is 45.0 Å². The second kappa shape index (κ2) is 9.19. The number of ether oxygens (including phenoxy) is 2.